The molecule has 1 aliphatic heterocycles. The van der Waals surface area contributed by atoms with Crippen LogP contribution in [-0.4, -0.2) is 22.2 Å². The first-order chi connectivity index (χ1) is 6.66. The second-order valence-electron chi connectivity index (χ2n) is 3.42. The molecule has 1 aromatic carbocycles. The summed E-state index contributed by atoms with van der Waals surface area (Å²) in [6.45, 7) is 0. The van der Waals surface area contributed by atoms with Gasteiger partial charge in [-0.2, -0.15) is 0 Å². The molecule has 1 unspecified atom stereocenters. The van der Waals surface area contributed by atoms with E-state index in [0.717, 1.165) is 11.3 Å². The third kappa shape index (κ3) is 2.33. The van der Waals surface area contributed by atoms with Gasteiger partial charge in [0.1, 0.15) is 11.8 Å². The first-order valence-electron chi connectivity index (χ1n) is 4.48. The molecule has 1 aliphatic rings. The number of rotatable bonds is 1. The number of aliphatic carboxylic acids is 1. The van der Waals surface area contributed by atoms with Gasteiger partial charge in [-0.1, -0.05) is 0 Å². The van der Waals surface area contributed by atoms with Crippen LogP contribution < -0.4 is 5.32 Å². The maximum absolute atomic E-state index is 10.7. The molecule has 15 heavy (non-hydrogen) atoms. The highest BCUT2D eigenvalue weighted by molar-refractivity contribution is 5.85. The van der Waals surface area contributed by atoms with Crippen LogP contribution in [0.2, 0.25) is 0 Å². The summed E-state index contributed by atoms with van der Waals surface area (Å²) >= 11 is 0. The number of hydrogen-bond acceptors (Lipinski definition) is 3. The lowest BCUT2D eigenvalue weighted by molar-refractivity contribution is -0.138. The van der Waals surface area contributed by atoms with Crippen LogP contribution in [0.3, 0.4) is 0 Å². The highest BCUT2D eigenvalue weighted by Gasteiger charge is 2.23. The summed E-state index contributed by atoms with van der Waals surface area (Å²) in [5.41, 5.74) is 1.78. The fraction of sp³-hybridized carbons (Fsp3) is 0.300. The molecule has 2 rings (SSSR count). The lowest BCUT2D eigenvalue weighted by atomic mass is 9.98. The number of anilines is 1. The van der Waals surface area contributed by atoms with E-state index in [-0.39, 0.29) is 18.2 Å². The number of halogens is 1. The molecule has 0 bridgehead atoms. The predicted octanol–water partition coefficient (Wildman–Crippen LogP) is 1.63. The molecule has 0 fully saturated rings. The molecule has 0 radical (unpaired) electrons. The van der Waals surface area contributed by atoms with Crippen molar-refractivity contribution in [1.82, 2.24) is 0 Å². The van der Waals surface area contributed by atoms with Crippen LogP contribution >= 0.6 is 12.4 Å². The number of benzene rings is 1. The Morgan fingerprint density at radius 1 is 1.47 bits per heavy atom. The fourth-order valence-electron chi connectivity index (χ4n) is 1.67. The molecular formula is C10H12ClNO3. The number of phenols is 1. The molecule has 82 valence electrons. The number of phenolic OH excluding ortho intramolecular Hbond substituents is 1. The van der Waals surface area contributed by atoms with Crippen molar-refractivity contribution in [3.05, 3.63) is 23.8 Å². The molecule has 0 aromatic heterocycles. The Morgan fingerprint density at radius 2 is 2.20 bits per heavy atom. The summed E-state index contributed by atoms with van der Waals surface area (Å²) in [6, 6.07) is 4.42. The van der Waals surface area contributed by atoms with Crippen molar-refractivity contribution in [3.8, 4) is 5.75 Å². The summed E-state index contributed by atoms with van der Waals surface area (Å²) in [5.74, 6) is -0.608. The van der Waals surface area contributed by atoms with Crippen molar-refractivity contribution in [1.29, 1.82) is 0 Å². The Balaban J connectivity index is 0.00000112. The average molecular weight is 230 g/mol. The average Bonchev–Trinajstić information content (AvgIpc) is 2.16. The molecule has 0 saturated heterocycles. The van der Waals surface area contributed by atoms with Crippen LogP contribution in [0.4, 0.5) is 5.69 Å². The lowest BCUT2D eigenvalue weighted by Crippen LogP contribution is -2.33. The molecule has 3 N–H and O–H groups in total. The minimum atomic E-state index is -0.830. The fourth-order valence-corrected chi connectivity index (χ4v) is 1.67. The predicted molar refractivity (Wildman–Crippen MR) is 58.7 cm³/mol. The Bertz CT molecular complexity index is 381. The molecule has 0 saturated carbocycles. The lowest BCUT2D eigenvalue weighted by Gasteiger charge is -2.23. The Kier molecular flexibility index (Phi) is 3.42. The summed E-state index contributed by atoms with van der Waals surface area (Å²) in [5, 5.41) is 20.9. The third-order valence-corrected chi connectivity index (χ3v) is 2.42. The van der Waals surface area contributed by atoms with Gasteiger partial charge in [0.15, 0.2) is 0 Å². The van der Waals surface area contributed by atoms with Crippen molar-refractivity contribution in [2.75, 3.05) is 5.32 Å². The van der Waals surface area contributed by atoms with Crippen molar-refractivity contribution in [2.45, 2.75) is 18.9 Å². The van der Waals surface area contributed by atoms with Gasteiger partial charge >= 0.3 is 5.97 Å². The maximum Gasteiger partial charge on any atom is 0.326 e. The second-order valence-corrected chi connectivity index (χ2v) is 3.42. The summed E-state index contributed by atoms with van der Waals surface area (Å²) in [7, 11) is 0. The standard InChI is InChI=1S/C10H11NO3.ClH/c12-7-2-4-8-6(5-7)1-3-9(11-8)10(13)14;/h2,4-5,9,11-12H,1,3H2,(H,13,14);1H. The van der Waals surface area contributed by atoms with Gasteiger partial charge in [-0.05, 0) is 36.6 Å². The number of carbonyl (C=O) groups is 1. The molecule has 1 aromatic rings. The van der Waals surface area contributed by atoms with Crippen molar-refractivity contribution in [3.63, 3.8) is 0 Å². The van der Waals surface area contributed by atoms with Crippen LogP contribution in [0.1, 0.15) is 12.0 Å². The largest absolute Gasteiger partial charge is 0.508 e. The zero-order valence-electron chi connectivity index (χ0n) is 7.93. The molecule has 1 heterocycles. The first-order valence-corrected chi connectivity index (χ1v) is 4.48. The zero-order valence-corrected chi connectivity index (χ0v) is 8.75. The smallest absolute Gasteiger partial charge is 0.326 e. The van der Waals surface area contributed by atoms with Crippen LogP contribution in [0, 0.1) is 0 Å². The van der Waals surface area contributed by atoms with Crippen molar-refractivity contribution < 1.29 is 15.0 Å². The SMILES string of the molecule is Cl.O=C(O)C1CCc2cc(O)ccc2N1. The zero-order chi connectivity index (χ0) is 10.1. The van der Waals surface area contributed by atoms with E-state index in [1.807, 2.05) is 0 Å². The van der Waals surface area contributed by atoms with Gasteiger partial charge in [-0.15, -0.1) is 12.4 Å². The summed E-state index contributed by atoms with van der Waals surface area (Å²) < 4.78 is 0. The monoisotopic (exact) mass is 229 g/mol. The van der Waals surface area contributed by atoms with Gasteiger partial charge in [0, 0.05) is 5.69 Å². The number of carboxylic acids is 1. The maximum atomic E-state index is 10.7. The Hall–Kier alpha value is -1.42. The quantitative estimate of drug-likeness (QED) is 0.640. The summed E-state index contributed by atoms with van der Waals surface area (Å²) in [4.78, 5) is 10.7. The number of fused-ring (bicyclic) bond motifs is 1. The highest BCUT2D eigenvalue weighted by Crippen LogP contribution is 2.27. The van der Waals surface area contributed by atoms with Gasteiger partial charge in [0.05, 0.1) is 0 Å². The van der Waals surface area contributed by atoms with Gasteiger partial charge < -0.3 is 15.5 Å². The summed E-state index contributed by atoms with van der Waals surface area (Å²) in [6.07, 6.45) is 1.25. The van der Waals surface area contributed by atoms with Gasteiger partial charge in [-0.3, -0.25) is 0 Å². The minimum absolute atomic E-state index is 0. The van der Waals surface area contributed by atoms with Crippen molar-refractivity contribution in [2.24, 2.45) is 0 Å². The van der Waals surface area contributed by atoms with Gasteiger partial charge in [-0.25, -0.2) is 4.79 Å². The molecule has 1 atom stereocenters. The molecule has 4 nitrogen and oxygen atoms in total. The third-order valence-electron chi connectivity index (χ3n) is 2.42. The second kappa shape index (κ2) is 4.40. The number of aryl methyl sites for hydroxylation is 1. The van der Waals surface area contributed by atoms with E-state index in [1.54, 1.807) is 18.2 Å². The van der Waals surface area contributed by atoms with Crippen LogP contribution in [0.15, 0.2) is 18.2 Å². The van der Waals surface area contributed by atoms with Crippen molar-refractivity contribution >= 4 is 24.1 Å². The number of aromatic hydroxyl groups is 1. The van der Waals surface area contributed by atoms with E-state index in [2.05, 4.69) is 5.32 Å². The Morgan fingerprint density at radius 3 is 2.87 bits per heavy atom. The molecular weight excluding hydrogens is 218 g/mol. The molecule has 0 aliphatic carbocycles. The van der Waals surface area contributed by atoms with E-state index in [4.69, 9.17) is 5.11 Å². The van der Waals surface area contributed by atoms with E-state index in [1.165, 1.54) is 0 Å². The number of carboxylic acid groups (broad SMARTS) is 1. The van der Waals surface area contributed by atoms with Crippen LogP contribution in [-0.2, 0) is 11.2 Å². The molecule has 0 spiro atoms. The van der Waals surface area contributed by atoms with Gasteiger partial charge in [0.2, 0.25) is 0 Å². The number of hydrogen-bond donors (Lipinski definition) is 3. The van der Waals surface area contributed by atoms with E-state index in [9.17, 15) is 9.90 Å². The molecule has 0 amide bonds. The normalized spacial score (nSPS) is 18.3. The topological polar surface area (TPSA) is 69.6 Å². The van der Waals surface area contributed by atoms with Crippen LogP contribution in [0.25, 0.3) is 0 Å². The Labute approximate surface area is 93.3 Å². The van der Waals surface area contributed by atoms with Gasteiger partial charge in [0.25, 0.3) is 0 Å². The minimum Gasteiger partial charge on any atom is -0.508 e. The van der Waals surface area contributed by atoms with Crippen LogP contribution in [0.5, 0.6) is 5.75 Å². The number of nitrogens with one attached hydrogen (secondary N) is 1. The van der Waals surface area contributed by atoms with E-state index >= 15 is 0 Å². The first kappa shape index (κ1) is 11.7. The van der Waals surface area contributed by atoms with E-state index < -0.39 is 12.0 Å². The van der Waals surface area contributed by atoms with E-state index in [0.29, 0.717) is 12.8 Å². The highest BCUT2D eigenvalue weighted by atomic mass is 35.5. The molecule has 5 heteroatoms.